The molecular formula is C13H20F2N2O6. The molecule has 1 aliphatic heterocycles. The van der Waals surface area contributed by atoms with Crippen molar-refractivity contribution < 1.29 is 37.7 Å². The summed E-state index contributed by atoms with van der Waals surface area (Å²) >= 11 is 0. The van der Waals surface area contributed by atoms with Gasteiger partial charge in [-0.1, -0.05) is 0 Å². The van der Waals surface area contributed by atoms with Crippen LogP contribution in [-0.4, -0.2) is 65.4 Å². The van der Waals surface area contributed by atoms with Crippen LogP contribution >= 0.6 is 0 Å². The van der Waals surface area contributed by atoms with Gasteiger partial charge in [0.05, 0.1) is 6.10 Å². The Morgan fingerprint density at radius 3 is 2.43 bits per heavy atom. The van der Waals surface area contributed by atoms with Gasteiger partial charge in [0.2, 0.25) is 5.91 Å². The summed E-state index contributed by atoms with van der Waals surface area (Å²) in [5.74, 6) is -2.04. The molecule has 2 amide bonds. The zero-order chi connectivity index (χ0) is 17.8. The number of nitrogens with one attached hydrogen (secondary N) is 1. The number of alkyl carbamates (subject to hydrolysis) is 1. The number of aliphatic carboxylic acids is 1. The SMILES string of the molecule is CC(C)(C)OC(=O)NCC(=O)N1C[C@H](OC(F)F)C[C@H]1C(=O)O. The van der Waals surface area contributed by atoms with Crippen LogP contribution < -0.4 is 5.32 Å². The lowest BCUT2D eigenvalue weighted by molar-refractivity contribution is -0.160. The molecule has 2 atom stereocenters. The Hall–Kier alpha value is -1.97. The van der Waals surface area contributed by atoms with Crippen LogP contribution in [0, 0.1) is 0 Å². The van der Waals surface area contributed by atoms with E-state index in [1.807, 2.05) is 0 Å². The third-order valence-corrected chi connectivity index (χ3v) is 2.95. The third kappa shape index (κ3) is 6.35. The third-order valence-electron chi connectivity index (χ3n) is 2.95. The van der Waals surface area contributed by atoms with Crippen LogP contribution in [0.5, 0.6) is 0 Å². The zero-order valence-corrected chi connectivity index (χ0v) is 13.0. The van der Waals surface area contributed by atoms with Gasteiger partial charge in [-0.2, -0.15) is 8.78 Å². The van der Waals surface area contributed by atoms with Gasteiger partial charge in [0.15, 0.2) is 0 Å². The highest BCUT2D eigenvalue weighted by atomic mass is 19.3. The zero-order valence-electron chi connectivity index (χ0n) is 13.0. The maximum atomic E-state index is 12.2. The number of rotatable bonds is 5. The van der Waals surface area contributed by atoms with Gasteiger partial charge in [0, 0.05) is 13.0 Å². The van der Waals surface area contributed by atoms with E-state index in [-0.39, 0.29) is 13.0 Å². The lowest BCUT2D eigenvalue weighted by Gasteiger charge is -2.23. The number of carboxylic acid groups (broad SMARTS) is 1. The first kappa shape index (κ1) is 19.1. The number of carbonyl (C=O) groups is 3. The number of ether oxygens (including phenoxy) is 2. The fourth-order valence-corrected chi connectivity index (χ4v) is 2.11. The summed E-state index contributed by atoms with van der Waals surface area (Å²) in [5.41, 5.74) is -0.749. The lowest BCUT2D eigenvalue weighted by atomic mass is 10.2. The summed E-state index contributed by atoms with van der Waals surface area (Å²) < 4.78 is 33.6. The molecule has 0 unspecified atom stereocenters. The van der Waals surface area contributed by atoms with E-state index in [9.17, 15) is 23.2 Å². The van der Waals surface area contributed by atoms with Gasteiger partial charge in [-0.25, -0.2) is 9.59 Å². The lowest BCUT2D eigenvalue weighted by Crippen LogP contribution is -2.46. The highest BCUT2D eigenvalue weighted by Crippen LogP contribution is 2.22. The van der Waals surface area contributed by atoms with Gasteiger partial charge in [-0.05, 0) is 20.8 Å². The molecule has 0 saturated carbocycles. The number of amides is 2. The van der Waals surface area contributed by atoms with Crippen LogP contribution in [0.2, 0.25) is 0 Å². The molecule has 0 aromatic rings. The molecule has 8 nitrogen and oxygen atoms in total. The van der Waals surface area contributed by atoms with Gasteiger partial charge in [0.1, 0.15) is 18.2 Å². The molecule has 0 spiro atoms. The summed E-state index contributed by atoms with van der Waals surface area (Å²) in [5, 5.41) is 11.3. The highest BCUT2D eigenvalue weighted by molar-refractivity contribution is 5.87. The van der Waals surface area contributed by atoms with E-state index in [1.165, 1.54) is 0 Å². The molecule has 23 heavy (non-hydrogen) atoms. The normalized spacial score (nSPS) is 21.4. The van der Waals surface area contributed by atoms with E-state index in [2.05, 4.69) is 10.1 Å². The fourth-order valence-electron chi connectivity index (χ4n) is 2.11. The van der Waals surface area contributed by atoms with Crippen molar-refractivity contribution >= 4 is 18.0 Å². The number of carbonyl (C=O) groups excluding carboxylic acids is 2. The van der Waals surface area contributed by atoms with E-state index in [1.54, 1.807) is 20.8 Å². The van der Waals surface area contributed by atoms with Crippen molar-refractivity contribution in [1.29, 1.82) is 0 Å². The fraction of sp³-hybridized carbons (Fsp3) is 0.769. The topological polar surface area (TPSA) is 105 Å². The van der Waals surface area contributed by atoms with Crippen molar-refractivity contribution in [3.05, 3.63) is 0 Å². The molecule has 0 radical (unpaired) electrons. The van der Waals surface area contributed by atoms with Crippen LogP contribution in [0.15, 0.2) is 0 Å². The Morgan fingerprint density at radius 1 is 1.35 bits per heavy atom. The predicted octanol–water partition coefficient (Wildman–Crippen LogP) is 0.804. The predicted molar refractivity (Wildman–Crippen MR) is 72.9 cm³/mol. The van der Waals surface area contributed by atoms with Gasteiger partial charge in [-0.15, -0.1) is 0 Å². The summed E-state index contributed by atoms with van der Waals surface area (Å²) in [7, 11) is 0. The molecule has 0 aliphatic carbocycles. The number of halogens is 2. The first-order valence-electron chi connectivity index (χ1n) is 6.92. The number of carboxylic acids is 1. The van der Waals surface area contributed by atoms with Crippen LogP contribution in [0.25, 0.3) is 0 Å². The Balaban J connectivity index is 2.59. The van der Waals surface area contributed by atoms with Crippen LogP contribution in [0.4, 0.5) is 13.6 Å². The largest absolute Gasteiger partial charge is 0.480 e. The molecule has 1 saturated heterocycles. The Bertz CT molecular complexity index is 466. The van der Waals surface area contributed by atoms with E-state index >= 15 is 0 Å². The minimum atomic E-state index is -3.05. The Kier molecular flexibility index (Phi) is 6.25. The number of likely N-dealkylation sites (tertiary alicyclic amines) is 1. The van der Waals surface area contributed by atoms with Crippen LogP contribution in [0.3, 0.4) is 0 Å². The molecule has 1 fully saturated rings. The maximum Gasteiger partial charge on any atom is 0.408 e. The van der Waals surface area contributed by atoms with Crippen molar-refractivity contribution in [3.8, 4) is 0 Å². The van der Waals surface area contributed by atoms with E-state index in [4.69, 9.17) is 9.84 Å². The Labute approximate surface area is 131 Å². The van der Waals surface area contributed by atoms with Crippen LogP contribution in [0.1, 0.15) is 27.2 Å². The van der Waals surface area contributed by atoms with Crippen molar-refractivity contribution in [2.45, 2.75) is 51.6 Å². The van der Waals surface area contributed by atoms with E-state index in [0.29, 0.717) is 0 Å². The summed E-state index contributed by atoms with van der Waals surface area (Å²) in [4.78, 5) is 35.5. The van der Waals surface area contributed by atoms with Crippen LogP contribution in [-0.2, 0) is 19.1 Å². The average Bonchev–Trinajstić information content (AvgIpc) is 2.77. The summed E-state index contributed by atoms with van der Waals surface area (Å²) in [6.45, 7) is 1.09. The summed E-state index contributed by atoms with van der Waals surface area (Å²) in [6.07, 6.45) is -2.14. The number of hydrogen-bond acceptors (Lipinski definition) is 5. The molecule has 2 N–H and O–H groups in total. The minimum absolute atomic E-state index is 0.238. The standard InChI is InChI=1S/C13H20F2N2O6/c1-13(2,3)23-12(21)16-5-9(18)17-6-7(22-11(14)15)4-8(17)10(19)20/h7-8,11H,4-6H2,1-3H3,(H,16,21)(H,19,20)/t7-,8+/m1/s1. The second-order valence-electron chi connectivity index (χ2n) is 6.01. The Morgan fingerprint density at radius 2 is 1.96 bits per heavy atom. The van der Waals surface area contributed by atoms with Gasteiger partial charge >= 0.3 is 18.7 Å². The quantitative estimate of drug-likeness (QED) is 0.768. The molecule has 0 aromatic carbocycles. The van der Waals surface area contributed by atoms with Gasteiger partial charge in [-0.3, -0.25) is 4.79 Å². The number of alkyl halides is 2. The monoisotopic (exact) mass is 338 g/mol. The molecular weight excluding hydrogens is 318 g/mol. The van der Waals surface area contributed by atoms with E-state index < -0.39 is 48.9 Å². The molecule has 0 aromatic heterocycles. The van der Waals surface area contributed by atoms with Crippen molar-refractivity contribution in [1.82, 2.24) is 10.2 Å². The first-order chi connectivity index (χ1) is 10.5. The van der Waals surface area contributed by atoms with Gasteiger partial charge in [0.25, 0.3) is 0 Å². The second-order valence-corrected chi connectivity index (χ2v) is 6.01. The number of nitrogens with zero attached hydrogens (tertiary/aromatic N) is 1. The van der Waals surface area contributed by atoms with Crippen molar-refractivity contribution in [3.63, 3.8) is 0 Å². The highest BCUT2D eigenvalue weighted by Gasteiger charge is 2.41. The average molecular weight is 338 g/mol. The summed E-state index contributed by atoms with van der Waals surface area (Å²) in [6, 6.07) is -1.27. The smallest absolute Gasteiger partial charge is 0.408 e. The molecule has 132 valence electrons. The molecule has 10 heteroatoms. The first-order valence-corrected chi connectivity index (χ1v) is 6.92. The second kappa shape index (κ2) is 7.53. The molecule has 1 aliphatic rings. The molecule has 1 heterocycles. The van der Waals surface area contributed by atoms with Crippen molar-refractivity contribution in [2.75, 3.05) is 13.1 Å². The molecule has 0 bridgehead atoms. The minimum Gasteiger partial charge on any atom is -0.480 e. The number of hydrogen-bond donors (Lipinski definition) is 2. The van der Waals surface area contributed by atoms with Gasteiger partial charge < -0.3 is 24.8 Å². The molecule has 1 rings (SSSR count). The van der Waals surface area contributed by atoms with Crippen molar-refractivity contribution in [2.24, 2.45) is 0 Å². The maximum absolute atomic E-state index is 12.2. The van der Waals surface area contributed by atoms with E-state index in [0.717, 1.165) is 4.90 Å².